The molecule has 0 aliphatic rings. The Morgan fingerprint density at radius 1 is 1.42 bits per heavy atom. The van der Waals surface area contributed by atoms with Crippen LogP contribution in [0.15, 0.2) is 23.3 Å². The number of hydrazone groups is 1. The molecule has 0 saturated heterocycles. The molecule has 1 aromatic carbocycles. The van der Waals surface area contributed by atoms with Crippen molar-refractivity contribution in [3.63, 3.8) is 0 Å². The van der Waals surface area contributed by atoms with E-state index in [9.17, 15) is 4.79 Å². The summed E-state index contributed by atoms with van der Waals surface area (Å²) in [5.74, 6) is -0.266. The molecule has 1 rings (SSSR count). The Balaban J connectivity index is 2.90. The summed E-state index contributed by atoms with van der Waals surface area (Å²) in [4.78, 5) is 11.6. The highest BCUT2D eigenvalue weighted by molar-refractivity contribution is 6.34. The van der Waals surface area contributed by atoms with E-state index in [0.29, 0.717) is 17.8 Å². The lowest BCUT2D eigenvalue weighted by atomic mass is 10.2. The molecule has 0 saturated carbocycles. The lowest BCUT2D eigenvalue weighted by molar-refractivity contribution is 0.0956. The molecule has 1 amide bonds. The number of amides is 1. The van der Waals surface area contributed by atoms with Crippen molar-refractivity contribution in [2.75, 3.05) is 12.0 Å². The van der Waals surface area contributed by atoms with Crippen molar-refractivity contribution in [2.45, 2.75) is 6.92 Å². The Labute approximate surface area is 115 Å². The summed E-state index contributed by atoms with van der Waals surface area (Å²) < 4.78 is 0. The third-order valence-corrected chi connectivity index (χ3v) is 2.37. The van der Waals surface area contributed by atoms with E-state index in [1.54, 1.807) is 18.2 Å². The molecule has 7 heteroatoms. The molecular weight excluding hydrogens is 266 g/mol. The van der Waals surface area contributed by atoms with Crippen molar-refractivity contribution in [1.82, 2.24) is 5.32 Å². The lowest BCUT2D eigenvalue weighted by Crippen LogP contribution is -2.22. The fraction of sp³-hybridized carbons (Fsp3) is 0.167. The van der Waals surface area contributed by atoms with Gasteiger partial charge in [-0.3, -0.25) is 10.2 Å². The number of anilines is 1. The molecule has 0 aliphatic carbocycles. The molecule has 96 valence electrons. The van der Waals surface area contributed by atoms with Crippen molar-refractivity contribution in [1.29, 1.82) is 10.5 Å². The number of carbonyl (C=O) groups excluding carboxylic acids is 1. The fourth-order valence-electron chi connectivity index (χ4n) is 1.22. The first-order valence-corrected chi connectivity index (χ1v) is 5.71. The molecule has 0 fully saturated rings. The number of hydrogen-bond donors (Lipinski definition) is 2. The van der Waals surface area contributed by atoms with Crippen molar-refractivity contribution in [3.05, 3.63) is 28.8 Å². The van der Waals surface area contributed by atoms with Crippen molar-refractivity contribution in [3.8, 4) is 12.1 Å². The third kappa shape index (κ3) is 3.98. The Bertz CT molecular complexity index is 581. The molecule has 19 heavy (non-hydrogen) atoms. The minimum atomic E-state index is -0.302. The van der Waals surface area contributed by atoms with Gasteiger partial charge in [-0.05, 0) is 25.1 Å². The maximum atomic E-state index is 11.6. The van der Waals surface area contributed by atoms with Crippen LogP contribution in [0.25, 0.3) is 0 Å². The van der Waals surface area contributed by atoms with Gasteiger partial charge in [0.1, 0.15) is 12.1 Å². The number of hydrogen-bond acceptors (Lipinski definition) is 5. The molecule has 0 heterocycles. The fourth-order valence-corrected chi connectivity index (χ4v) is 1.49. The van der Waals surface area contributed by atoms with E-state index >= 15 is 0 Å². The number of nitriles is 2. The SMILES string of the molecule is CCNC(=O)c1ccc(NN=C(C#N)C#N)cc1Cl. The van der Waals surface area contributed by atoms with E-state index in [1.165, 1.54) is 12.1 Å². The number of carbonyl (C=O) groups is 1. The van der Waals surface area contributed by atoms with Gasteiger partial charge in [0.2, 0.25) is 5.71 Å². The standard InChI is InChI=1S/C12H10ClN5O/c1-2-16-12(19)10-4-3-8(5-11(10)13)17-18-9(6-14)7-15/h3-5,17H,2H2,1H3,(H,16,19). The zero-order valence-corrected chi connectivity index (χ0v) is 10.8. The van der Waals surface area contributed by atoms with Crippen LogP contribution in [-0.4, -0.2) is 18.2 Å². The largest absolute Gasteiger partial charge is 0.352 e. The zero-order chi connectivity index (χ0) is 14.3. The average molecular weight is 276 g/mol. The van der Waals surface area contributed by atoms with Crippen LogP contribution in [0.5, 0.6) is 0 Å². The minimum Gasteiger partial charge on any atom is -0.352 e. The van der Waals surface area contributed by atoms with E-state index in [4.69, 9.17) is 22.1 Å². The van der Waals surface area contributed by atoms with E-state index in [1.807, 2.05) is 6.92 Å². The highest BCUT2D eigenvalue weighted by Gasteiger charge is 2.09. The first-order chi connectivity index (χ1) is 9.12. The number of rotatable bonds is 4. The van der Waals surface area contributed by atoms with Crippen LogP contribution >= 0.6 is 11.6 Å². The zero-order valence-electron chi connectivity index (χ0n) is 10.1. The van der Waals surface area contributed by atoms with Gasteiger partial charge in [0.25, 0.3) is 5.91 Å². The van der Waals surface area contributed by atoms with Gasteiger partial charge in [0.15, 0.2) is 0 Å². The highest BCUT2D eigenvalue weighted by atomic mass is 35.5. The second-order valence-electron chi connectivity index (χ2n) is 3.35. The van der Waals surface area contributed by atoms with Crippen LogP contribution in [0, 0.1) is 22.7 Å². The Hall–Kier alpha value is -2.57. The summed E-state index contributed by atoms with van der Waals surface area (Å²) in [6.07, 6.45) is 0. The second kappa shape index (κ2) is 7.00. The molecule has 0 atom stereocenters. The summed E-state index contributed by atoms with van der Waals surface area (Å²) in [5, 5.41) is 23.5. The van der Waals surface area contributed by atoms with Crippen LogP contribution in [0.3, 0.4) is 0 Å². The van der Waals surface area contributed by atoms with E-state index in [0.717, 1.165) is 0 Å². The summed E-state index contributed by atoms with van der Waals surface area (Å²) in [6, 6.07) is 7.82. The second-order valence-corrected chi connectivity index (χ2v) is 3.76. The number of benzene rings is 1. The van der Waals surface area contributed by atoms with Crippen LogP contribution < -0.4 is 10.7 Å². The molecular formula is C12H10ClN5O. The van der Waals surface area contributed by atoms with Gasteiger partial charge in [-0.25, -0.2) is 0 Å². The number of nitrogens with one attached hydrogen (secondary N) is 2. The van der Waals surface area contributed by atoms with Gasteiger partial charge in [-0.2, -0.15) is 15.6 Å². The third-order valence-electron chi connectivity index (χ3n) is 2.06. The lowest BCUT2D eigenvalue weighted by Gasteiger charge is -2.06. The summed E-state index contributed by atoms with van der Waals surface area (Å²) in [5.41, 5.74) is 3.03. The summed E-state index contributed by atoms with van der Waals surface area (Å²) >= 11 is 5.96. The monoisotopic (exact) mass is 275 g/mol. The quantitative estimate of drug-likeness (QED) is 0.647. The average Bonchev–Trinajstić information content (AvgIpc) is 2.40. The van der Waals surface area contributed by atoms with Gasteiger partial charge in [-0.15, -0.1) is 0 Å². The van der Waals surface area contributed by atoms with Crippen molar-refractivity contribution < 1.29 is 4.79 Å². The molecule has 2 N–H and O–H groups in total. The van der Waals surface area contributed by atoms with Crippen LogP contribution in [0.1, 0.15) is 17.3 Å². The van der Waals surface area contributed by atoms with Crippen molar-refractivity contribution in [2.24, 2.45) is 5.10 Å². The molecule has 1 aromatic rings. The van der Waals surface area contributed by atoms with Crippen molar-refractivity contribution >= 4 is 28.9 Å². The Kier molecular flexibility index (Phi) is 5.34. The van der Waals surface area contributed by atoms with Gasteiger partial charge < -0.3 is 5.32 Å². The van der Waals surface area contributed by atoms with Gasteiger partial charge in [0.05, 0.1) is 16.3 Å². The number of nitrogens with zero attached hydrogens (tertiary/aromatic N) is 3. The van der Waals surface area contributed by atoms with Crippen LogP contribution in [0.2, 0.25) is 5.02 Å². The summed E-state index contributed by atoms with van der Waals surface area (Å²) in [6.45, 7) is 2.31. The molecule has 0 radical (unpaired) electrons. The predicted octanol–water partition coefficient (Wildman–Crippen LogP) is 1.90. The molecule has 0 spiro atoms. The maximum absolute atomic E-state index is 11.6. The molecule has 6 nitrogen and oxygen atoms in total. The first kappa shape index (κ1) is 14.5. The first-order valence-electron chi connectivity index (χ1n) is 5.34. The molecule has 0 bridgehead atoms. The predicted molar refractivity (Wildman–Crippen MR) is 71.7 cm³/mol. The van der Waals surface area contributed by atoms with Crippen LogP contribution in [0.4, 0.5) is 5.69 Å². The van der Waals surface area contributed by atoms with E-state index in [2.05, 4.69) is 15.8 Å². The topological polar surface area (TPSA) is 101 Å². The Morgan fingerprint density at radius 3 is 2.63 bits per heavy atom. The smallest absolute Gasteiger partial charge is 0.252 e. The van der Waals surface area contributed by atoms with E-state index in [-0.39, 0.29) is 16.6 Å². The summed E-state index contributed by atoms with van der Waals surface area (Å²) in [7, 11) is 0. The van der Waals surface area contributed by atoms with Gasteiger partial charge in [0, 0.05) is 6.54 Å². The van der Waals surface area contributed by atoms with E-state index < -0.39 is 0 Å². The maximum Gasteiger partial charge on any atom is 0.252 e. The normalized spacial score (nSPS) is 8.84. The van der Waals surface area contributed by atoms with Gasteiger partial charge in [-0.1, -0.05) is 11.6 Å². The molecule has 0 aliphatic heterocycles. The minimum absolute atomic E-state index is 0.251. The van der Waals surface area contributed by atoms with Gasteiger partial charge >= 0.3 is 0 Å². The highest BCUT2D eigenvalue weighted by Crippen LogP contribution is 2.21. The Morgan fingerprint density at radius 2 is 2.11 bits per heavy atom. The van der Waals surface area contributed by atoms with Crippen LogP contribution in [-0.2, 0) is 0 Å². The molecule has 0 unspecified atom stereocenters. The molecule has 0 aromatic heterocycles. The number of halogens is 1.